The van der Waals surface area contributed by atoms with Crippen LogP contribution in [0.4, 0.5) is 0 Å². The lowest BCUT2D eigenvalue weighted by Gasteiger charge is -2.20. The molecule has 0 saturated heterocycles. The van der Waals surface area contributed by atoms with E-state index in [1.807, 2.05) is 0 Å². The van der Waals surface area contributed by atoms with Crippen LogP contribution in [0.25, 0.3) is 0 Å². The number of nitrogens with two attached hydrogens (primary N) is 2. The molecule has 0 aliphatic carbocycles. The second-order valence-electron chi connectivity index (χ2n) is 7.36. The summed E-state index contributed by atoms with van der Waals surface area (Å²) in [4.78, 5) is 2.50. The van der Waals surface area contributed by atoms with Crippen LogP contribution in [0.2, 0.25) is 0 Å². The van der Waals surface area contributed by atoms with Crippen molar-refractivity contribution < 1.29 is 0 Å². The van der Waals surface area contributed by atoms with E-state index in [9.17, 15) is 0 Å². The van der Waals surface area contributed by atoms with Crippen molar-refractivity contribution in [3.8, 4) is 0 Å². The molecule has 0 aliphatic heterocycles. The highest BCUT2D eigenvalue weighted by Crippen LogP contribution is 2.11. The smallest absolute Gasteiger partial charge is 0.00159 e. The lowest BCUT2D eigenvalue weighted by atomic mass is 10.1. The van der Waals surface area contributed by atoms with E-state index < -0.39 is 0 Å². The Morgan fingerprint density at radius 1 is 0.560 bits per heavy atom. The second-order valence-corrected chi connectivity index (χ2v) is 7.36. The maximum atomic E-state index is 5.62. The molecule has 0 aromatic carbocycles. The van der Waals surface area contributed by atoms with Crippen molar-refractivity contribution in [3.63, 3.8) is 0 Å². The summed E-state index contributed by atoms with van der Waals surface area (Å²) in [6, 6.07) is 0. The first-order chi connectivity index (χ1) is 12.3. The van der Waals surface area contributed by atoms with Crippen molar-refractivity contribution >= 4 is 0 Å². The molecule has 0 rings (SSSR count). The van der Waals surface area contributed by atoms with Crippen molar-refractivity contribution in [1.82, 2.24) is 4.90 Å². The van der Waals surface area contributed by atoms with Gasteiger partial charge in [0.25, 0.3) is 0 Å². The third-order valence-electron chi connectivity index (χ3n) is 4.86. The zero-order valence-corrected chi connectivity index (χ0v) is 17.2. The molecule has 25 heavy (non-hydrogen) atoms. The van der Waals surface area contributed by atoms with Gasteiger partial charge in [-0.3, -0.25) is 0 Å². The van der Waals surface area contributed by atoms with E-state index in [-0.39, 0.29) is 0 Å². The summed E-state index contributed by atoms with van der Waals surface area (Å²) in [5.41, 5.74) is 11.2. The molecular formula is C22H47N3. The van der Waals surface area contributed by atoms with Gasteiger partial charge in [0.05, 0.1) is 0 Å². The van der Waals surface area contributed by atoms with Crippen molar-refractivity contribution in [2.45, 2.75) is 96.8 Å². The number of nitrogens with zero attached hydrogens (tertiary/aromatic N) is 1. The van der Waals surface area contributed by atoms with Gasteiger partial charge in [-0.25, -0.2) is 0 Å². The molecule has 0 fully saturated rings. The molecular weight excluding hydrogens is 306 g/mol. The number of hydrogen-bond donors (Lipinski definition) is 2. The molecule has 0 aromatic rings. The lowest BCUT2D eigenvalue weighted by Crippen LogP contribution is -2.29. The van der Waals surface area contributed by atoms with E-state index in [4.69, 9.17) is 11.5 Å². The molecule has 0 aliphatic rings. The third-order valence-corrected chi connectivity index (χ3v) is 4.86. The predicted molar refractivity (Wildman–Crippen MR) is 114 cm³/mol. The number of hydrogen-bond acceptors (Lipinski definition) is 3. The van der Waals surface area contributed by atoms with Crippen LogP contribution in [-0.4, -0.2) is 37.6 Å². The van der Waals surface area contributed by atoms with Gasteiger partial charge >= 0.3 is 0 Å². The molecule has 0 bridgehead atoms. The average Bonchev–Trinajstić information content (AvgIpc) is 2.63. The van der Waals surface area contributed by atoms with Gasteiger partial charge in [0.15, 0.2) is 0 Å². The molecule has 4 N–H and O–H groups in total. The molecule has 0 aromatic heterocycles. The highest BCUT2D eigenvalue weighted by atomic mass is 15.1. The number of unbranched alkanes of at least 4 members (excludes halogenated alkanes) is 10. The van der Waals surface area contributed by atoms with Gasteiger partial charge < -0.3 is 16.4 Å². The molecule has 0 unspecified atom stereocenters. The van der Waals surface area contributed by atoms with Gasteiger partial charge in [-0.15, -0.1) is 0 Å². The Kier molecular flexibility index (Phi) is 21.3. The van der Waals surface area contributed by atoms with Crippen molar-refractivity contribution in [3.05, 3.63) is 12.2 Å². The van der Waals surface area contributed by atoms with Crippen molar-refractivity contribution in [2.24, 2.45) is 11.5 Å². The van der Waals surface area contributed by atoms with Gasteiger partial charge in [0, 0.05) is 6.54 Å². The fraction of sp³-hybridized carbons (Fsp3) is 0.909. The summed E-state index contributed by atoms with van der Waals surface area (Å²) in [6.07, 6.45) is 23.5. The highest BCUT2D eigenvalue weighted by Gasteiger charge is 2.02. The Balaban J connectivity index is 3.40. The Hall–Kier alpha value is -0.380. The molecule has 0 radical (unpaired) electrons. The minimum atomic E-state index is 0.785. The minimum Gasteiger partial charge on any atom is -0.330 e. The summed E-state index contributed by atoms with van der Waals surface area (Å²) in [5, 5.41) is 0. The van der Waals surface area contributed by atoms with Gasteiger partial charge in [0.2, 0.25) is 0 Å². The van der Waals surface area contributed by atoms with Crippen LogP contribution >= 0.6 is 0 Å². The van der Waals surface area contributed by atoms with Gasteiger partial charge in [-0.2, -0.15) is 0 Å². The summed E-state index contributed by atoms with van der Waals surface area (Å²) in [5.74, 6) is 0. The normalized spacial score (nSPS) is 11.8. The standard InChI is InChI=1S/C22H47N3/c1-2-3-4-5-6-7-8-9-10-11-12-13-14-15-20-25(21-16-18-23)22-17-19-24/h13-14H,2-12,15-24H2,1H3/b14-13+. The topological polar surface area (TPSA) is 55.3 Å². The zero-order valence-electron chi connectivity index (χ0n) is 17.2. The lowest BCUT2D eigenvalue weighted by molar-refractivity contribution is 0.275. The van der Waals surface area contributed by atoms with E-state index in [2.05, 4.69) is 24.0 Å². The Bertz CT molecular complexity index is 258. The Morgan fingerprint density at radius 3 is 1.56 bits per heavy atom. The van der Waals surface area contributed by atoms with Gasteiger partial charge in [0.1, 0.15) is 0 Å². The predicted octanol–water partition coefficient (Wildman–Crippen LogP) is 5.24. The van der Waals surface area contributed by atoms with Crippen molar-refractivity contribution in [1.29, 1.82) is 0 Å². The molecule has 3 nitrogen and oxygen atoms in total. The first-order valence-electron chi connectivity index (χ1n) is 11.1. The number of allylic oxidation sites excluding steroid dienone is 1. The van der Waals surface area contributed by atoms with Crippen LogP contribution in [-0.2, 0) is 0 Å². The van der Waals surface area contributed by atoms with Crippen LogP contribution in [0, 0.1) is 0 Å². The number of rotatable bonds is 20. The van der Waals surface area contributed by atoms with Crippen LogP contribution in [0.1, 0.15) is 96.8 Å². The largest absolute Gasteiger partial charge is 0.330 e. The van der Waals surface area contributed by atoms with Gasteiger partial charge in [-0.05, 0) is 58.3 Å². The monoisotopic (exact) mass is 353 g/mol. The summed E-state index contributed by atoms with van der Waals surface area (Å²) < 4.78 is 0. The molecule has 0 heterocycles. The molecule has 0 amide bonds. The maximum Gasteiger partial charge on any atom is 0.00159 e. The van der Waals surface area contributed by atoms with Crippen molar-refractivity contribution in [2.75, 3.05) is 32.7 Å². The molecule has 0 atom stereocenters. The Morgan fingerprint density at radius 2 is 1.04 bits per heavy atom. The molecule has 150 valence electrons. The zero-order chi connectivity index (χ0) is 18.4. The quantitative estimate of drug-likeness (QED) is 0.232. The third kappa shape index (κ3) is 19.8. The first-order valence-corrected chi connectivity index (χ1v) is 11.1. The maximum absolute atomic E-state index is 5.62. The van der Waals surface area contributed by atoms with Crippen LogP contribution in [0.5, 0.6) is 0 Å². The van der Waals surface area contributed by atoms with Crippen LogP contribution in [0.3, 0.4) is 0 Å². The van der Waals surface area contributed by atoms with E-state index in [1.54, 1.807) is 0 Å². The van der Waals surface area contributed by atoms with Gasteiger partial charge in [-0.1, -0.05) is 76.9 Å². The summed E-state index contributed by atoms with van der Waals surface area (Å²) in [7, 11) is 0. The molecule has 3 heteroatoms. The van der Waals surface area contributed by atoms with E-state index in [0.717, 1.165) is 52.0 Å². The summed E-state index contributed by atoms with van der Waals surface area (Å²) in [6.45, 7) is 7.23. The SMILES string of the molecule is CCCCCCCCCCCC/C=C/CCN(CCCN)CCCN. The average molecular weight is 354 g/mol. The molecule has 0 spiro atoms. The highest BCUT2D eigenvalue weighted by molar-refractivity contribution is 4.82. The second kappa shape index (κ2) is 21.7. The summed E-state index contributed by atoms with van der Waals surface area (Å²) >= 11 is 0. The van der Waals surface area contributed by atoms with E-state index in [0.29, 0.717) is 0 Å². The van der Waals surface area contributed by atoms with Crippen LogP contribution in [0.15, 0.2) is 12.2 Å². The minimum absolute atomic E-state index is 0.785. The van der Waals surface area contributed by atoms with E-state index >= 15 is 0 Å². The Labute approximate surface area is 158 Å². The van der Waals surface area contributed by atoms with E-state index in [1.165, 1.54) is 70.6 Å². The van der Waals surface area contributed by atoms with Crippen LogP contribution < -0.4 is 11.5 Å². The fourth-order valence-electron chi connectivity index (χ4n) is 3.21. The fourth-order valence-corrected chi connectivity index (χ4v) is 3.21. The molecule has 0 saturated carbocycles. The first kappa shape index (κ1) is 24.6.